The molecule has 0 fully saturated rings. The van der Waals surface area contributed by atoms with Crippen molar-refractivity contribution in [1.82, 2.24) is 0 Å². The molecule has 1 N–H and O–H groups in total. The van der Waals surface area contributed by atoms with E-state index in [1.54, 1.807) is 36.4 Å². The van der Waals surface area contributed by atoms with Crippen molar-refractivity contribution in [3.8, 4) is 0 Å². The first-order valence-electron chi connectivity index (χ1n) is 10.4. The van der Waals surface area contributed by atoms with Gasteiger partial charge in [-0.25, -0.2) is 8.42 Å². The topological polar surface area (TPSA) is 66.5 Å². The Bertz CT molecular complexity index is 1430. The van der Waals surface area contributed by atoms with Crippen molar-refractivity contribution < 1.29 is 13.2 Å². The Morgan fingerprint density at radius 3 is 2.33 bits per heavy atom. The van der Waals surface area contributed by atoms with Gasteiger partial charge in [-0.05, 0) is 55.1 Å². The predicted octanol–water partition coefficient (Wildman–Crippen LogP) is 5.94. The molecule has 1 amide bonds. The number of hydrogen-bond acceptors (Lipinski definition) is 3. The number of anilines is 2. The van der Waals surface area contributed by atoms with Crippen molar-refractivity contribution in [3.05, 3.63) is 101 Å². The highest BCUT2D eigenvalue weighted by atomic mass is 35.5. The first kappa shape index (κ1) is 22.8. The highest BCUT2D eigenvalue weighted by molar-refractivity contribution is 7.92. The summed E-state index contributed by atoms with van der Waals surface area (Å²) in [5, 5.41) is 5.14. The fraction of sp³-hybridized carbons (Fsp3) is 0.115. The molecule has 4 aromatic carbocycles. The smallest absolute Gasteiger partial charge is 0.264 e. The van der Waals surface area contributed by atoms with Crippen molar-refractivity contribution in [2.24, 2.45) is 0 Å². The van der Waals surface area contributed by atoms with Crippen molar-refractivity contribution in [2.75, 3.05) is 16.2 Å². The number of sulfonamides is 1. The SMILES string of the molecule is Cc1ccc(S(=O)(=O)N(CC(=O)Nc2cccc3ccccc23)c2ccc(C)c(Cl)c2)cc1. The van der Waals surface area contributed by atoms with Gasteiger partial charge in [-0.2, -0.15) is 0 Å². The number of hydrogen-bond donors (Lipinski definition) is 1. The summed E-state index contributed by atoms with van der Waals surface area (Å²) in [7, 11) is -4.02. The van der Waals surface area contributed by atoms with Crippen LogP contribution in [0.2, 0.25) is 5.02 Å². The quantitative estimate of drug-likeness (QED) is 0.372. The normalized spacial score (nSPS) is 11.4. The van der Waals surface area contributed by atoms with Crippen LogP contribution in [0, 0.1) is 13.8 Å². The summed E-state index contributed by atoms with van der Waals surface area (Å²) in [6, 6.07) is 24.7. The molecule has 7 heteroatoms. The molecule has 168 valence electrons. The monoisotopic (exact) mass is 478 g/mol. The summed E-state index contributed by atoms with van der Waals surface area (Å²) in [5.74, 6) is -0.460. The minimum atomic E-state index is -4.02. The Labute approximate surface area is 198 Å². The van der Waals surface area contributed by atoms with E-state index in [2.05, 4.69) is 5.32 Å². The maximum absolute atomic E-state index is 13.5. The largest absolute Gasteiger partial charge is 0.324 e. The van der Waals surface area contributed by atoms with Crippen molar-refractivity contribution in [3.63, 3.8) is 0 Å². The van der Waals surface area contributed by atoms with Gasteiger partial charge in [0.25, 0.3) is 10.0 Å². The molecule has 0 aliphatic carbocycles. The molecule has 0 saturated carbocycles. The summed E-state index contributed by atoms with van der Waals surface area (Å²) < 4.78 is 28.2. The van der Waals surface area contributed by atoms with Crippen LogP contribution < -0.4 is 9.62 Å². The van der Waals surface area contributed by atoms with Gasteiger partial charge in [0.15, 0.2) is 0 Å². The zero-order valence-electron chi connectivity index (χ0n) is 18.2. The summed E-state index contributed by atoms with van der Waals surface area (Å²) in [6.45, 7) is 3.31. The van der Waals surface area contributed by atoms with Crippen LogP contribution in [0.25, 0.3) is 10.8 Å². The molecule has 0 heterocycles. The molecule has 33 heavy (non-hydrogen) atoms. The average molecular weight is 479 g/mol. The highest BCUT2D eigenvalue weighted by Gasteiger charge is 2.27. The predicted molar refractivity (Wildman–Crippen MR) is 134 cm³/mol. The molecule has 0 aromatic heterocycles. The third-order valence-electron chi connectivity index (χ3n) is 5.40. The van der Waals surface area contributed by atoms with Crippen LogP contribution in [-0.4, -0.2) is 20.9 Å². The summed E-state index contributed by atoms with van der Waals surface area (Å²) >= 11 is 6.28. The molecule has 0 atom stereocenters. The van der Waals surface area contributed by atoms with Gasteiger partial charge in [0.2, 0.25) is 5.91 Å². The van der Waals surface area contributed by atoms with E-state index in [0.29, 0.717) is 16.4 Å². The van der Waals surface area contributed by atoms with Crippen LogP contribution in [0.15, 0.2) is 89.8 Å². The van der Waals surface area contributed by atoms with Crippen molar-refractivity contribution in [1.29, 1.82) is 0 Å². The lowest BCUT2D eigenvalue weighted by atomic mass is 10.1. The number of amides is 1. The van der Waals surface area contributed by atoms with E-state index in [1.165, 1.54) is 12.1 Å². The number of nitrogens with one attached hydrogen (secondary N) is 1. The van der Waals surface area contributed by atoms with E-state index in [9.17, 15) is 13.2 Å². The first-order chi connectivity index (χ1) is 15.8. The standard InChI is InChI=1S/C26H23ClN2O3S/c1-18-10-14-22(15-11-18)33(31,32)29(21-13-12-19(2)24(27)16-21)17-26(30)28-25-9-5-7-20-6-3-4-8-23(20)25/h3-16H,17H2,1-2H3,(H,28,30). The number of fused-ring (bicyclic) bond motifs is 1. The van der Waals surface area contributed by atoms with Crippen LogP contribution in [0.5, 0.6) is 0 Å². The van der Waals surface area contributed by atoms with E-state index < -0.39 is 22.5 Å². The number of aryl methyl sites for hydroxylation is 2. The number of nitrogens with zero attached hydrogens (tertiary/aromatic N) is 1. The molecule has 0 bridgehead atoms. The first-order valence-corrected chi connectivity index (χ1v) is 12.2. The Morgan fingerprint density at radius 1 is 0.909 bits per heavy atom. The molecule has 4 aromatic rings. The van der Waals surface area contributed by atoms with Gasteiger partial charge in [0.1, 0.15) is 6.54 Å². The number of carbonyl (C=O) groups excluding carboxylic acids is 1. The Morgan fingerprint density at radius 2 is 1.61 bits per heavy atom. The van der Waals surface area contributed by atoms with E-state index in [-0.39, 0.29) is 4.90 Å². The second-order valence-corrected chi connectivity index (χ2v) is 10.1. The van der Waals surface area contributed by atoms with Gasteiger partial charge in [-0.15, -0.1) is 0 Å². The van der Waals surface area contributed by atoms with Gasteiger partial charge in [-0.1, -0.05) is 71.8 Å². The van der Waals surface area contributed by atoms with Gasteiger partial charge < -0.3 is 5.32 Å². The van der Waals surface area contributed by atoms with Crippen LogP contribution in [0.1, 0.15) is 11.1 Å². The summed E-state index contributed by atoms with van der Waals surface area (Å²) in [5.41, 5.74) is 2.69. The lowest BCUT2D eigenvalue weighted by Gasteiger charge is -2.25. The molecular formula is C26H23ClN2O3S. The maximum Gasteiger partial charge on any atom is 0.264 e. The number of carbonyl (C=O) groups is 1. The minimum Gasteiger partial charge on any atom is -0.324 e. The third kappa shape index (κ3) is 4.87. The van der Waals surface area contributed by atoms with E-state index >= 15 is 0 Å². The molecule has 0 saturated heterocycles. The van der Waals surface area contributed by atoms with Gasteiger partial charge in [-0.3, -0.25) is 9.10 Å². The lowest BCUT2D eigenvalue weighted by molar-refractivity contribution is -0.114. The second-order valence-electron chi connectivity index (χ2n) is 7.83. The molecule has 0 unspecified atom stereocenters. The van der Waals surface area contributed by atoms with Gasteiger partial charge in [0.05, 0.1) is 10.6 Å². The summed E-state index contributed by atoms with van der Waals surface area (Å²) in [6.07, 6.45) is 0. The molecule has 4 rings (SSSR count). The second kappa shape index (κ2) is 9.25. The van der Waals surface area contributed by atoms with Crippen molar-refractivity contribution in [2.45, 2.75) is 18.7 Å². The van der Waals surface area contributed by atoms with E-state index in [1.807, 2.05) is 50.2 Å². The molecule has 0 radical (unpaired) electrons. The van der Waals surface area contributed by atoms with E-state index in [0.717, 1.165) is 26.2 Å². The highest BCUT2D eigenvalue weighted by Crippen LogP contribution is 2.29. The number of halogens is 1. The van der Waals surface area contributed by atoms with Gasteiger partial charge >= 0.3 is 0 Å². The Balaban J connectivity index is 1.70. The Kier molecular flexibility index (Phi) is 6.40. The van der Waals surface area contributed by atoms with Crippen LogP contribution in [0.4, 0.5) is 11.4 Å². The fourth-order valence-electron chi connectivity index (χ4n) is 3.54. The zero-order chi connectivity index (χ0) is 23.6. The maximum atomic E-state index is 13.5. The van der Waals surface area contributed by atoms with Gasteiger partial charge in [0, 0.05) is 16.1 Å². The molecule has 0 aliphatic heterocycles. The van der Waals surface area contributed by atoms with Crippen LogP contribution in [-0.2, 0) is 14.8 Å². The average Bonchev–Trinajstić information content (AvgIpc) is 2.80. The zero-order valence-corrected chi connectivity index (χ0v) is 19.8. The summed E-state index contributed by atoms with van der Waals surface area (Å²) in [4.78, 5) is 13.2. The molecule has 0 spiro atoms. The third-order valence-corrected chi connectivity index (χ3v) is 7.60. The van der Waals surface area contributed by atoms with Crippen LogP contribution in [0.3, 0.4) is 0 Å². The fourth-order valence-corrected chi connectivity index (χ4v) is 5.13. The molecule has 0 aliphatic rings. The number of benzene rings is 4. The number of rotatable bonds is 6. The lowest BCUT2D eigenvalue weighted by Crippen LogP contribution is -2.38. The molecular weight excluding hydrogens is 456 g/mol. The van der Waals surface area contributed by atoms with Crippen LogP contribution >= 0.6 is 11.6 Å². The van der Waals surface area contributed by atoms with Crippen molar-refractivity contribution >= 4 is 49.7 Å². The minimum absolute atomic E-state index is 0.0998. The van der Waals surface area contributed by atoms with E-state index in [4.69, 9.17) is 11.6 Å². The Hall–Kier alpha value is -3.35. The molecule has 5 nitrogen and oxygen atoms in total.